The number of anilines is 1. The monoisotopic (exact) mass is 310 g/mol. The molecule has 2 aromatic rings. The number of alkyl halides is 3. The van der Waals surface area contributed by atoms with Crippen LogP contribution in [-0.2, 0) is 6.18 Å². The molecular weight excluding hydrogens is 297 g/mol. The van der Waals surface area contributed by atoms with Crippen LogP contribution in [0.1, 0.15) is 11.1 Å². The molecule has 0 heterocycles. The fourth-order valence-corrected chi connectivity index (χ4v) is 1.78. The number of hydrogen-bond donors (Lipinski definition) is 2. The number of para-hydroxylation sites is 1. The Morgan fingerprint density at radius 1 is 1.18 bits per heavy atom. The highest BCUT2D eigenvalue weighted by Gasteiger charge is 2.33. The zero-order chi connectivity index (χ0) is 16.2. The molecule has 0 aliphatic carbocycles. The average molecular weight is 310 g/mol. The Morgan fingerprint density at radius 2 is 1.91 bits per heavy atom. The van der Waals surface area contributed by atoms with Crippen molar-refractivity contribution >= 4 is 11.9 Å². The molecule has 0 aromatic heterocycles. The SMILES string of the molecule is COc1cc(/C=N/Nc2ccccc2C(F)(F)F)ccc1O. The number of hydrazone groups is 1. The van der Waals surface area contributed by atoms with Crippen LogP contribution in [0.3, 0.4) is 0 Å². The number of rotatable bonds is 4. The largest absolute Gasteiger partial charge is 0.504 e. The third-order valence-electron chi connectivity index (χ3n) is 2.83. The van der Waals surface area contributed by atoms with E-state index in [0.717, 1.165) is 6.07 Å². The van der Waals surface area contributed by atoms with Crippen LogP contribution in [0.2, 0.25) is 0 Å². The van der Waals surface area contributed by atoms with Gasteiger partial charge >= 0.3 is 6.18 Å². The Labute approximate surface area is 124 Å². The van der Waals surface area contributed by atoms with Crippen LogP contribution in [0, 0.1) is 0 Å². The number of halogens is 3. The van der Waals surface area contributed by atoms with Crippen LogP contribution in [-0.4, -0.2) is 18.4 Å². The van der Waals surface area contributed by atoms with E-state index in [1.165, 1.54) is 43.7 Å². The summed E-state index contributed by atoms with van der Waals surface area (Å²) < 4.78 is 43.3. The minimum absolute atomic E-state index is 0.0324. The molecule has 0 amide bonds. The lowest BCUT2D eigenvalue weighted by Gasteiger charge is -2.11. The van der Waals surface area contributed by atoms with Gasteiger partial charge in [0.25, 0.3) is 0 Å². The van der Waals surface area contributed by atoms with E-state index >= 15 is 0 Å². The minimum Gasteiger partial charge on any atom is -0.504 e. The maximum absolute atomic E-state index is 12.8. The third kappa shape index (κ3) is 3.69. The topological polar surface area (TPSA) is 53.8 Å². The van der Waals surface area contributed by atoms with E-state index in [2.05, 4.69) is 10.5 Å². The molecule has 0 radical (unpaired) electrons. The summed E-state index contributed by atoms with van der Waals surface area (Å²) in [6.45, 7) is 0. The van der Waals surface area contributed by atoms with Gasteiger partial charge < -0.3 is 9.84 Å². The molecule has 0 unspecified atom stereocenters. The number of hydrogen-bond acceptors (Lipinski definition) is 4. The van der Waals surface area contributed by atoms with Gasteiger partial charge in [-0.15, -0.1) is 0 Å². The van der Waals surface area contributed by atoms with E-state index in [4.69, 9.17) is 4.74 Å². The second-order valence-corrected chi connectivity index (χ2v) is 4.34. The standard InChI is InChI=1S/C15H13F3N2O2/c1-22-14-8-10(6-7-13(14)21)9-19-20-12-5-3-2-4-11(12)15(16,17)18/h2-9,20-21H,1H3/b19-9+. The Balaban J connectivity index is 2.17. The zero-order valence-electron chi connectivity index (χ0n) is 11.6. The van der Waals surface area contributed by atoms with Crippen molar-refractivity contribution in [2.24, 2.45) is 5.10 Å². The molecule has 4 nitrogen and oxygen atoms in total. The van der Waals surface area contributed by atoms with Gasteiger partial charge in [0.05, 0.1) is 24.6 Å². The van der Waals surface area contributed by atoms with Crippen LogP contribution in [0.5, 0.6) is 11.5 Å². The summed E-state index contributed by atoms with van der Waals surface area (Å²) in [7, 11) is 1.40. The Hall–Kier alpha value is -2.70. The number of methoxy groups -OCH3 is 1. The van der Waals surface area contributed by atoms with Crippen molar-refractivity contribution in [1.82, 2.24) is 0 Å². The molecule has 7 heteroatoms. The summed E-state index contributed by atoms with van der Waals surface area (Å²) in [4.78, 5) is 0. The predicted molar refractivity (Wildman–Crippen MR) is 77.3 cm³/mol. The fraction of sp³-hybridized carbons (Fsp3) is 0.133. The molecule has 0 aliphatic heterocycles. The molecule has 0 atom stereocenters. The van der Waals surface area contributed by atoms with Crippen LogP contribution < -0.4 is 10.2 Å². The number of phenols is 1. The molecule has 0 fully saturated rings. The van der Waals surface area contributed by atoms with Gasteiger partial charge in [-0.05, 0) is 35.9 Å². The van der Waals surface area contributed by atoms with Gasteiger partial charge in [0, 0.05) is 0 Å². The third-order valence-corrected chi connectivity index (χ3v) is 2.83. The zero-order valence-corrected chi connectivity index (χ0v) is 11.6. The molecule has 0 saturated carbocycles. The number of benzene rings is 2. The summed E-state index contributed by atoms with van der Waals surface area (Å²) in [5.74, 6) is 0.217. The van der Waals surface area contributed by atoms with Crippen LogP contribution in [0.25, 0.3) is 0 Å². The van der Waals surface area contributed by atoms with Crippen molar-refractivity contribution in [2.75, 3.05) is 12.5 Å². The highest BCUT2D eigenvalue weighted by molar-refractivity contribution is 5.81. The van der Waals surface area contributed by atoms with Gasteiger partial charge in [-0.3, -0.25) is 5.43 Å². The van der Waals surface area contributed by atoms with Crippen LogP contribution in [0.4, 0.5) is 18.9 Å². The highest BCUT2D eigenvalue weighted by atomic mass is 19.4. The number of aromatic hydroxyl groups is 1. The molecule has 116 valence electrons. The average Bonchev–Trinajstić information content (AvgIpc) is 2.48. The van der Waals surface area contributed by atoms with Gasteiger partial charge in [-0.25, -0.2) is 0 Å². The van der Waals surface area contributed by atoms with Crippen molar-refractivity contribution in [3.8, 4) is 11.5 Å². The van der Waals surface area contributed by atoms with Crippen molar-refractivity contribution in [2.45, 2.75) is 6.18 Å². The van der Waals surface area contributed by atoms with Gasteiger partial charge in [-0.1, -0.05) is 12.1 Å². The second-order valence-electron chi connectivity index (χ2n) is 4.34. The van der Waals surface area contributed by atoms with Crippen molar-refractivity contribution in [3.63, 3.8) is 0 Å². The van der Waals surface area contributed by atoms with Gasteiger partial charge in [0.15, 0.2) is 11.5 Å². The van der Waals surface area contributed by atoms with Crippen molar-refractivity contribution < 1.29 is 23.0 Å². The van der Waals surface area contributed by atoms with E-state index in [0.29, 0.717) is 5.56 Å². The molecule has 0 aliphatic rings. The quantitative estimate of drug-likeness (QED) is 0.666. The number of nitrogens with zero attached hydrogens (tertiary/aromatic N) is 1. The van der Waals surface area contributed by atoms with E-state index in [9.17, 15) is 18.3 Å². The summed E-state index contributed by atoms with van der Waals surface area (Å²) in [5, 5.41) is 13.2. The minimum atomic E-state index is -4.46. The fourth-order valence-electron chi connectivity index (χ4n) is 1.78. The summed E-state index contributed by atoms with van der Waals surface area (Å²) >= 11 is 0. The number of phenolic OH excluding ortho intramolecular Hbond substituents is 1. The molecule has 0 saturated heterocycles. The molecule has 2 rings (SSSR count). The van der Waals surface area contributed by atoms with E-state index < -0.39 is 11.7 Å². The first-order valence-electron chi connectivity index (χ1n) is 6.24. The predicted octanol–water partition coefficient (Wildman–Crippen LogP) is 3.87. The normalized spacial score (nSPS) is 11.6. The van der Waals surface area contributed by atoms with Crippen LogP contribution >= 0.6 is 0 Å². The molecule has 22 heavy (non-hydrogen) atoms. The van der Waals surface area contributed by atoms with Crippen molar-refractivity contribution in [3.05, 3.63) is 53.6 Å². The van der Waals surface area contributed by atoms with Gasteiger partial charge in [-0.2, -0.15) is 18.3 Å². The molecule has 0 spiro atoms. The summed E-state index contributed by atoms with van der Waals surface area (Å²) in [6, 6.07) is 9.52. The van der Waals surface area contributed by atoms with Gasteiger partial charge in [0.2, 0.25) is 0 Å². The van der Waals surface area contributed by atoms with E-state index in [1.54, 1.807) is 6.07 Å². The molecular formula is C15H13F3N2O2. The lowest BCUT2D eigenvalue weighted by molar-refractivity contribution is -0.136. The first kappa shape index (κ1) is 15.7. The molecule has 2 aromatic carbocycles. The van der Waals surface area contributed by atoms with Crippen molar-refractivity contribution in [1.29, 1.82) is 0 Å². The number of ether oxygens (including phenoxy) is 1. The highest BCUT2D eigenvalue weighted by Crippen LogP contribution is 2.34. The van der Waals surface area contributed by atoms with E-state index in [-0.39, 0.29) is 17.2 Å². The second kappa shape index (κ2) is 6.38. The first-order chi connectivity index (χ1) is 10.4. The number of nitrogens with one attached hydrogen (secondary N) is 1. The first-order valence-corrected chi connectivity index (χ1v) is 6.24. The maximum Gasteiger partial charge on any atom is 0.418 e. The summed E-state index contributed by atoms with van der Waals surface area (Å²) in [5.41, 5.74) is 1.99. The maximum atomic E-state index is 12.8. The Morgan fingerprint density at radius 3 is 2.59 bits per heavy atom. The lowest BCUT2D eigenvalue weighted by Crippen LogP contribution is -2.08. The van der Waals surface area contributed by atoms with E-state index in [1.807, 2.05) is 0 Å². The van der Waals surface area contributed by atoms with Gasteiger partial charge in [0.1, 0.15) is 0 Å². The molecule has 0 bridgehead atoms. The molecule has 2 N–H and O–H groups in total. The Bertz CT molecular complexity index is 685. The Kier molecular flexibility index (Phi) is 4.55. The summed E-state index contributed by atoms with van der Waals surface area (Å²) in [6.07, 6.45) is -3.13. The van der Waals surface area contributed by atoms with Crippen LogP contribution in [0.15, 0.2) is 47.6 Å². The smallest absolute Gasteiger partial charge is 0.418 e. The lowest BCUT2D eigenvalue weighted by atomic mass is 10.2.